The van der Waals surface area contributed by atoms with Crippen molar-refractivity contribution in [1.29, 1.82) is 0 Å². The summed E-state index contributed by atoms with van der Waals surface area (Å²) in [6.07, 6.45) is 0. The highest BCUT2D eigenvalue weighted by molar-refractivity contribution is 7.22. The molecule has 2 heterocycles. The van der Waals surface area contributed by atoms with Crippen LogP contribution in [0.25, 0.3) is 26.3 Å². The van der Waals surface area contributed by atoms with E-state index in [-0.39, 0.29) is 23.5 Å². The zero-order valence-electron chi connectivity index (χ0n) is 24.9. The first-order valence-electron chi connectivity index (χ1n) is 14.6. The Hall–Kier alpha value is -4.65. The van der Waals surface area contributed by atoms with E-state index in [2.05, 4.69) is 16.0 Å². The molecule has 0 saturated heterocycles. The molecular formula is C33H33F2N5O4S. The summed E-state index contributed by atoms with van der Waals surface area (Å²) >= 11 is 1.20. The molecule has 0 aliphatic rings. The predicted octanol–water partition coefficient (Wildman–Crippen LogP) is 5.47. The Balaban J connectivity index is 1.73. The molecule has 0 bridgehead atoms. The van der Waals surface area contributed by atoms with Gasteiger partial charge in [0.2, 0.25) is 0 Å². The number of urea groups is 1. The number of aromatic nitrogens is 2. The standard InChI is InChI=1S/C33H33F2N5O4S/c1-3-37-32(42)38-22-15-13-21(14-16-22)29-24(19-36-17-18-44-4-2)28-30(41)40(23-9-6-5-7-10-23)33(43)39(31(28)45-29)20-25-26(34)11-8-12-27(25)35/h5-16,36H,3-4,17-20H2,1-2H3,(H2,37,38,42). The maximum absolute atomic E-state index is 14.9. The maximum atomic E-state index is 14.9. The molecule has 0 spiro atoms. The number of fused-ring (bicyclic) bond motifs is 1. The Kier molecular flexibility index (Phi) is 10.2. The number of para-hydroxylation sites is 1. The summed E-state index contributed by atoms with van der Waals surface area (Å²) in [4.78, 5) is 41.3. The summed E-state index contributed by atoms with van der Waals surface area (Å²) in [5.41, 5.74) is 0.735. The normalized spacial score (nSPS) is 11.2. The second kappa shape index (κ2) is 14.4. The molecule has 0 aliphatic heterocycles. The summed E-state index contributed by atoms with van der Waals surface area (Å²) in [6, 6.07) is 18.7. The van der Waals surface area contributed by atoms with Crippen molar-refractivity contribution in [2.24, 2.45) is 0 Å². The van der Waals surface area contributed by atoms with Gasteiger partial charge in [0.15, 0.2) is 0 Å². The van der Waals surface area contributed by atoms with E-state index in [1.807, 2.05) is 26.0 Å². The van der Waals surface area contributed by atoms with Crippen LogP contribution in [0.3, 0.4) is 0 Å². The number of halogens is 2. The Labute approximate surface area is 262 Å². The van der Waals surface area contributed by atoms with Crippen molar-refractivity contribution in [3.8, 4) is 16.1 Å². The van der Waals surface area contributed by atoms with Gasteiger partial charge in [-0.1, -0.05) is 36.4 Å². The maximum Gasteiger partial charge on any atom is 0.337 e. The van der Waals surface area contributed by atoms with E-state index in [1.165, 1.54) is 22.0 Å². The number of thiophene rings is 1. The van der Waals surface area contributed by atoms with E-state index in [0.717, 1.165) is 22.3 Å². The fourth-order valence-corrected chi connectivity index (χ4v) is 6.31. The van der Waals surface area contributed by atoms with E-state index in [0.29, 0.717) is 52.9 Å². The van der Waals surface area contributed by atoms with Crippen LogP contribution >= 0.6 is 11.3 Å². The van der Waals surface area contributed by atoms with Crippen molar-refractivity contribution in [1.82, 2.24) is 19.8 Å². The fourth-order valence-electron chi connectivity index (χ4n) is 5.00. The number of amides is 2. The van der Waals surface area contributed by atoms with Gasteiger partial charge >= 0.3 is 11.7 Å². The molecule has 9 nitrogen and oxygen atoms in total. The molecule has 12 heteroatoms. The van der Waals surface area contributed by atoms with Gasteiger partial charge in [-0.15, -0.1) is 11.3 Å². The first-order valence-corrected chi connectivity index (χ1v) is 15.4. The quantitative estimate of drug-likeness (QED) is 0.158. The Morgan fingerprint density at radius 1 is 0.911 bits per heavy atom. The molecule has 234 valence electrons. The van der Waals surface area contributed by atoms with Gasteiger partial charge in [0.25, 0.3) is 5.56 Å². The zero-order valence-corrected chi connectivity index (χ0v) is 25.7. The average molecular weight is 634 g/mol. The third-order valence-electron chi connectivity index (χ3n) is 7.14. The molecule has 2 aromatic heterocycles. The molecule has 5 rings (SSSR count). The number of carbonyl (C=O) groups is 1. The highest BCUT2D eigenvalue weighted by Crippen LogP contribution is 2.38. The fraction of sp³-hybridized carbons (Fsp3) is 0.242. The summed E-state index contributed by atoms with van der Waals surface area (Å²) in [5.74, 6) is -1.59. The van der Waals surface area contributed by atoms with Gasteiger partial charge in [-0.3, -0.25) is 9.36 Å². The highest BCUT2D eigenvalue weighted by atomic mass is 32.1. The zero-order chi connectivity index (χ0) is 31.9. The second-order valence-electron chi connectivity index (χ2n) is 10.1. The number of anilines is 1. The lowest BCUT2D eigenvalue weighted by Gasteiger charge is -2.14. The minimum atomic E-state index is -0.794. The SMILES string of the molecule is CCNC(=O)Nc1ccc(-c2sc3c(c2CNCCOCC)c(=O)n(-c2ccccc2)c(=O)n3Cc2c(F)cccc2F)cc1. The summed E-state index contributed by atoms with van der Waals surface area (Å²) in [6.45, 7) is 5.56. The molecule has 45 heavy (non-hydrogen) atoms. The summed E-state index contributed by atoms with van der Waals surface area (Å²) in [5, 5.41) is 9.04. The van der Waals surface area contributed by atoms with E-state index < -0.39 is 29.4 Å². The number of hydrogen-bond acceptors (Lipinski definition) is 6. The van der Waals surface area contributed by atoms with Crippen LogP contribution in [0.2, 0.25) is 0 Å². The van der Waals surface area contributed by atoms with Crippen molar-refractivity contribution < 1.29 is 18.3 Å². The Morgan fingerprint density at radius 3 is 2.29 bits per heavy atom. The summed E-state index contributed by atoms with van der Waals surface area (Å²) in [7, 11) is 0. The van der Waals surface area contributed by atoms with Gasteiger partial charge in [0.1, 0.15) is 16.5 Å². The van der Waals surface area contributed by atoms with Crippen LogP contribution in [0.4, 0.5) is 19.3 Å². The van der Waals surface area contributed by atoms with Crippen LogP contribution in [0.1, 0.15) is 25.0 Å². The smallest absolute Gasteiger partial charge is 0.337 e. The number of nitrogens with zero attached hydrogens (tertiary/aromatic N) is 2. The number of rotatable bonds is 12. The largest absolute Gasteiger partial charge is 0.380 e. The Bertz CT molecular complexity index is 1900. The van der Waals surface area contributed by atoms with Gasteiger partial charge in [-0.05, 0) is 61.4 Å². The van der Waals surface area contributed by atoms with Gasteiger partial charge < -0.3 is 20.7 Å². The second-order valence-corrected chi connectivity index (χ2v) is 11.1. The first kappa shape index (κ1) is 31.8. The molecule has 3 N–H and O–H groups in total. The molecular weight excluding hydrogens is 600 g/mol. The lowest BCUT2D eigenvalue weighted by Crippen LogP contribution is -2.39. The van der Waals surface area contributed by atoms with E-state index in [9.17, 15) is 23.2 Å². The number of nitrogens with one attached hydrogen (secondary N) is 3. The van der Waals surface area contributed by atoms with Crippen LogP contribution in [0.5, 0.6) is 0 Å². The first-order chi connectivity index (χ1) is 21.8. The lowest BCUT2D eigenvalue weighted by atomic mass is 10.1. The van der Waals surface area contributed by atoms with Gasteiger partial charge in [-0.2, -0.15) is 0 Å². The summed E-state index contributed by atoms with van der Waals surface area (Å²) < 4.78 is 37.5. The van der Waals surface area contributed by atoms with Crippen LogP contribution < -0.4 is 27.2 Å². The minimum absolute atomic E-state index is 0.262. The van der Waals surface area contributed by atoms with Gasteiger partial charge in [-0.25, -0.2) is 22.9 Å². The van der Waals surface area contributed by atoms with Crippen LogP contribution in [0.15, 0.2) is 82.4 Å². The topological polar surface area (TPSA) is 106 Å². The molecule has 3 aromatic carbocycles. The van der Waals surface area contributed by atoms with E-state index in [1.54, 1.807) is 42.5 Å². The molecule has 2 amide bonds. The molecule has 0 atom stereocenters. The molecule has 0 radical (unpaired) electrons. The third kappa shape index (κ3) is 6.88. The number of benzene rings is 3. The van der Waals surface area contributed by atoms with E-state index >= 15 is 0 Å². The minimum Gasteiger partial charge on any atom is -0.380 e. The monoisotopic (exact) mass is 633 g/mol. The van der Waals surface area contributed by atoms with E-state index in [4.69, 9.17) is 4.74 Å². The third-order valence-corrected chi connectivity index (χ3v) is 8.44. The molecule has 0 saturated carbocycles. The van der Waals surface area contributed by atoms with Crippen molar-refractivity contribution in [3.63, 3.8) is 0 Å². The molecule has 0 fully saturated rings. The van der Waals surface area contributed by atoms with Crippen LogP contribution in [-0.4, -0.2) is 41.5 Å². The van der Waals surface area contributed by atoms with Crippen LogP contribution in [0, 0.1) is 11.6 Å². The van der Waals surface area contributed by atoms with Gasteiger partial charge in [0, 0.05) is 42.4 Å². The van der Waals surface area contributed by atoms with Gasteiger partial charge in [0.05, 0.1) is 24.2 Å². The average Bonchev–Trinajstić information content (AvgIpc) is 3.41. The lowest BCUT2D eigenvalue weighted by molar-refractivity contribution is 0.149. The van der Waals surface area contributed by atoms with Crippen molar-refractivity contribution in [3.05, 3.63) is 116 Å². The predicted molar refractivity (Wildman–Crippen MR) is 173 cm³/mol. The molecule has 5 aromatic rings. The van der Waals surface area contributed by atoms with Crippen LogP contribution in [-0.2, 0) is 17.8 Å². The number of ether oxygens (including phenoxy) is 1. The van der Waals surface area contributed by atoms with Crippen molar-refractivity contribution in [2.45, 2.75) is 26.9 Å². The molecule has 0 unspecified atom stereocenters. The number of carbonyl (C=O) groups excluding carboxylic acids is 1. The number of hydrogen-bond donors (Lipinski definition) is 3. The highest BCUT2D eigenvalue weighted by Gasteiger charge is 2.25. The van der Waals surface area contributed by atoms with Crippen molar-refractivity contribution in [2.75, 3.05) is 31.6 Å². The Morgan fingerprint density at radius 2 is 1.62 bits per heavy atom. The molecule has 0 aliphatic carbocycles. The van der Waals surface area contributed by atoms with Crippen molar-refractivity contribution >= 4 is 33.3 Å².